The fourth-order valence-electron chi connectivity index (χ4n) is 2.69. The molecular formula is C9H16N2O. The van der Waals surface area contributed by atoms with E-state index in [1.807, 2.05) is 0 Å². The van der Waals surface area contributed by atoms with E-state index in [0.29, 0.717) is 0 Å². The average molecular weight is 168 g/mol. The minimum Gasteiger partial charge on any atom is -0.368 e. The van der Waals surface area contributed by atoms with Crippen LogP contribution in [0.4, 0.5) is 0 Å². The summed E-state index contributed by atoms with van der Waals surface area (Å²) in [5, 5.41) is 0. The Labute approximate surface area is 72.5 Å². The summed E-state index contributed by atoms with van der Waals surface area (Å²) in [7, 11) is 0. The molecule has 0 aromatic rings. The van der Waals surface area contributed by atoms with Crippen LogP contribution in [0.1, 0.15) is 38.5 Å². The van der Waals surface area contributed by atoms with Crippen LogP contribution in [0.15, 0.2) is 0 Å². The van der Waals surface area contributed by atoms with Gasteiger partial charge in [0.25, 0.3) is 0 Å². The van der Waals surface area contributed by atoms with Crippen molar-refractivity contribution in [1.82, 2.24) is 0 Å². The molecule has 4 N–H and O–H groups in total. The summed E-state index contributed by atoms with van der Waals surface area (Å²) < 4.78 is 0. The molecule has 0 heterocycles. The van der Waals surface area contributed by atoms with Crippen molar-refractivity contribution in [3.63, 3.8) is 0 Å². The molecule has 0 aromatic heterocycles. The van der Waals surface area contributed by atoms with Crippen molar-refractivity contribution in [1.29, 1.82) is 0 Å². The molecule has 1 spiro atoms. The van der Waals surface area contributed by atoms with Gasteiger partial charge < -0.3 is 11.5 Å². The smallest absolute Gasteiger partial charge is 0.238 e. The molecule has 1 amide bonds. The van der Waals surface area contributed by atoms with Crippen LogP contribution >= 0.6 is 0 Å². The number of amides is 1. The van der Waals surface area contributed by atoms with Crippen LogP contribution in [-0.2, 0) is 4.79 Å². The number of rotatable bonds is 1. The van der Waals surface area contributed by atoms with Gasteiger partial charge in [0.1, 0.15) is 5.54 Å². The second-order valence-electron chi connectivity index (χ2n) is 4.35. The highest BCUT2D eigenvalue weighted by molar-refractivity contribution is 5.89. The Balaban J connectivity index is 2.12. The summed E-state index contributed by atoms with van der Waals surface area (Å²) in [5.74, 6) is -0.301. The largest absolute Gasteiger partial charge is 0.368 e. The Kier molecular flexibility index (Phi) is 1.49. The normalized spacial score (nSPS) is 38.1. The van der Waals surface area contributed by atoms with Gasteiger partial charge in [0.2, 0.25) is 5.91 Å². The highest BCUT2D eigenvalue weighted by Crippen LogP contribution is 2.62. The molecule has 3 nitrogen and oxygen atoms in total. The third-order valence-electron chi connectivity index (χ3n) is 3.69. The van der Waals surface area contributed by atoms with Crippen LogP contribution < -0.4 is 11.5 Å². The molecule has 1 atom stereocenters. The zero-order valence-corrected chi connectivity index (χ0v) is 7.31. The van der Waals surface area contributed by atoms with E-state index >= 15 is 0 Å². The fourth-order valence-corrected chi connectivity index (χ4v) is 2.69. The van der Waals surface area contributed by atoms with Crippen molar-refractivity contribution in [2.24, 2.45) is 16.9 Å². The minimum atomic E-state index is -0.645. The molecule has 2 rings (SSSR count). The molecule has 12 heavy (non-hydrogen) atoms. The van der Waals surface area contributed by atoms with Gasteiger partial charge in [0.15, 0.2) is 0 Å². The quantitative estimate of drug-likeness (QED) is 0.599. The molecule has 0 aromatic carbocycles. The number of nitrogens with two attached hydrogens (primary N) is 2. The Bertz CT molecular complexity index is 221. The van der Waals surface area contributed by atoms with Crippen molar-refractivity contribution in [3.05, 3.63) is 0 Å². The lowest BCUT2D eigenvalue weighted by atomic mass is 9.82. The van der Waals surface area contributed by atoms with Crippen molar-refractivity contribution >= 4 is 5.91 Å². The van der Waals surface area contributed by atoms with Crippen LogP contribution in [0, 0.1) is 5.41 Å². The molecule has 2 saturated carbocycles. The molecule has 1 unspecified atom stereocenters. The summed E-state index contributed by atoms with van der Waals surface area (Å²) in [4.78, 5) is 11.1. The number of hydrogen-bond acceptors (Lipinski definition) is 2. The van der Waals surface area contributed by atoms with Crippen molar-refractivity contribution in [2.45, 2.75) is 44.1 Å². The van der Waals surface area contributed by atoms with Gasteiger partial charge in [0, 0.05) is 0 Å². The van der Waals surface area contributed by atoms with E-state index < -0.39 is 5.54 Å². The minimum absolute atomic E-state index is 0.108. The van der Waals surface area contributed by atoms with E-state index in [-0.39, 0.29) is 11.3 Å². The van der Waals surface area contributed by atoms with Gasteiger partial charge in [-0.3, -0.25) is 4.79 Å². The molecule has 0 radical (unpaired) electrons. The molecule has 0 aliphatic heterocycles. The summed E-state index contributed by atoms with van der Waals surface area (Å²) in [6.45, 7) is 0. The SMILES string of the molecule is NC(=O)C1(N)CC12CCCCC2. The number of carbonyl (C=O) groups excluding carboxylic acids is 1. The van der Waals surface area contributed by atoms with Crippen molar-refractivity contribution in [2.75, 3.05) is 0 Å². The van der Waals surface area contributed by atoms with E-state index in [9.17, 15) is 4.79 Å². The monoisotopic (exact) mass is 168 g/mol. The summed E-state index contributed by atoms with van der Waals surface area (Å²) in [5.41, 5.74) is 10.7. The lowest BCUT2D eigenvalue weighted by Crippen LogP contribution is -2.44. The van der Waals surface area contributed by atoms with Crippen molar-refractivity contribution < 1.29 is 4.79 Å². The Hall–Kier alpha value is -0.570. The van der Waals surface area contributed by atoms with Gasteiger partial charge in [-0.05, 0) is 24.7 Å². The van der Waals surface area contributed by atoms with Crippen LogP contribution in [0.25, 0.3) is 0 Å². The highest BCUT2D eigenvalue weighted by atomic mass is 16.1. The zero-order valence-electron chi connectivity index (χ0n) is 7.31. The lowest BCUT2D eigenvalue weighted by Gasteiger charge is -2.24. The Morgan fingerprint density at radius 2 is 1.75 bits per heavy atom. The van der Waals surface area contributed by atoms with Gasteiger partial charge in [-0.15, -0.1) is 0 Å². The average Bonchev–Trinajstić information content (AvgIpc) is 2.59. The predicted octanol–water partition coefficient (Wildman–Crippen LogP) is 0.523. The first-order valence-electron chi connectivity index (χ1n) is 4.70. The summed E-state index contributed by atoms with van der Waals surface area (Å²) in [6.07, 6.45) is 6.75. The Morgan fingerprint density at radius 1 is 1.17 bits per heavy atom. The number of carbonyl (C=O) groups is 1. The number of hydrogen-bond donors (Lipinski definition) is 2. The standard InChI is InChI=1S/C9H16N2O/c10-7(12)9(11)6-8(9)4-2-1-3-5-8/h1-6,11H2,(H2,10,12). The number of primary amides is 1. The van der Waals surface area contributed by atoms with E-state index in [4.69, 9.17) is 11.5 Å². The third-order valence-corrected chi connectivity index (χ3v) is 3.69. The summed E-state index contributed by atoms with van der Waals surface area (Å²) >= 11 is 0. The molecule has 2 aliphatic carbocycles. The lowest BCUT2D eigenvalue weighted by molar-refractivity contribution is -0.121. The maximum Gasteiger partial charge on any atom is 0.238 e. The first-order valence-corrected chi connectivity index (χ1v) is 4.70. The molecule has 2 aliphatic rings. The predicted molar refractivity (Wildman–Crippen MR) is 46.2 cm³/mol. The molecule has 68 valence electrons. The molecular weight excluding hydrogens is 152 g/mol. The van der Waals surface area contributed by atoms with Crippen molar-refractivity contribution in [3.8, 4) is 0 Å². The van der Waals surface area contributed by atoms with E-state index in [2.05, 4.69) is 0 Å². The van der Waals surface area contributed by atoms with Gasteiger partial charge in [0.05, 0.1) is 0 Å². The van der Waals surface area contributed by atoms with Crippen LogP contribution in [0.3, 0.4) is 0 Å². The van der Waals surface area contributed by atoms with Crippen LogP contribution in [-0.4, -0.2) is 11.4 Å². The highest BCUT2D eigenvalue weighted by Gasteiger charge is 2.68. The first kappa shape index (κ1) is 8.05. The molecule has 0 saturated heterocycles. The van der Waals surface area contributed by atoms with Gasteiger partial charge in [-0.25, -0.2) is 0 Å². The molecule has 2 fully saturated rings. The molecule has 0 bridgehead atoms. The fraction of sp³-hybridized carbons (Fsp3) is 0.889. The third kappa shape index (κ3) is 0.829. The maximum atomic E-state index is 11.1. The Morgan fingerprint density at radius 3 is 2.17 bits per heavy atom. The van der Waals surface area contributed by atoms with Crippen LogP contribution in [0.2, 0.25) is 0 Å². The van der Waals surface area contributed by atoms with Gasteiger partial charge in [-0.1, -0.05) is 19.3 Å². The maximum absolute atomic E-state index is 11.1. The summed E-state index contributed by atoms with van der Waals surface area (Å²) in [6, 6.07) is 0. The topological polar surface area (TPSA) is 69.1 Å². The second kappa shape index (κ2) is 2.22. The zero-order chi connectivity index (χ0) is 8.82. The van der Waals surface area contributed by atoms with E-state index in [1.165, 1.54) is 19.3 Å². The van der Waals surface area contributed by atoms with Gasteiger partial charge in [-0.2, -0.15) is 0 Å². The van der Waals surface area contributed by atoms with E-state index in [1.54, 1.807) is 0 Å². The first-order chi connectivity index (χ1) is 5.61. The second-order valence-corrected chi connectivity index (χ2v) is 4.35. The van der Waals surface area contributed by atoms with Crippen LogP contribution in [0.5, 0.6) is 0 Å². The molecule has 3 heteroatoms. The van der Waals surface area contributed by atoms with Gasteiger partial charge >= 0.3 is 0 Å². The van der Waals surface area contributed by atoms with E-state index in [0.717, 1.165) is 19.3 Å².